The fourth-order valence-corrected chi connectivity index (χ4v) is 2.56. The fraction of sp³-hybridized carbons (Fsp3) is 0.333. The Bertz CT molecular complexity index is 394. The number of hydrogen-bond acceptors (Lipinski definition) is 5. The number of aryl methyl sites for hydroxylation is 1. The zero-order valence-electron chi connectivity index (χ0n) is 8.02. The number of thiophene rings is 1. The molecule has 2 aromatic heterocycles. The van der Waals surface area contributed by atoms with Gasteiger partial charge in [0.2, 0.25) is 5.13 Å². The second kappa shape index (κ2) is 4.06. The van der Waals surface area contributed by atoms with E-state index in [1.807, 2.05) is 6.92 Å². The van der Waals surface area contributed by atoms with Gasteiger partial charge in [-0.15, -0.1) is 21.5 Å². The lowest BCUT2D eigenvalue weighted by molar-refractivity contribution is 0.892. The maximum atomic E-state index is 4.03. The van der Waals surface area contributed by atoms with Gasteiger partial charge in [-0.05, 0) is 25.3 Å². The van der Waals surface area contributed by atoms with Gasteiger partial charge in [-0.1, -0.05) is 17.4 Å². The third-order valence-electron chi connectivity index (χ3n) is 1.84. The third-order valence-corrected chi connectivity index (χ3v) is 3.66. The predicted octanol–water partition coefficient (Wildman–Crippen LogP) is 3.08. The van der Waals surface area contributed by atoms with Crippen LogP contribution in [-0.2, 0) is 0 Å². The minimum atomic E-state index is 0.308. The molecule has 0 aliphatic rings. The van der Waals surface area contributed by atoms with Gasteiger partial charge in [0.1, 0.15) is 5.01 Å². The molecule has 0 saturated heterocycles. The molecule has 1 N–H and O–H groups in total. The molecule has 2 heterocycles. The second-order valence-corrected chi connectivity index (χ2v) is 5.17. The Morgan fingerprint density at radius 1 is 1.43 bits per heavy atom. The standard InChI is InChI=1S/C9H11N3S2/c1-6(8-4-3-5-13-8)10-9-12-11-7(2)14-9/h3-6H,1-2H3,(H,10,12)/t6-/m0/s1. The molecule has 0 fully saturated rings. The van der Waals surface area contributed by atoms with Crippen LogP contribution in [0.2, 0.25) is 0 Å². The summed E-state index contributed by atoms with van der Waals surface area (Å²) in [7, 11) is 0. The van der Waals surface area contributed by atoms with Gasteiger partial charge in [0.05, 0.1) is 6.04 Å². The lowest BCUT2D eigenvalue weighted by Gasteiger charge is -2.09. The van der Waals surface area contributed by atoms with Crippen LogP contribution in [0.4, 0.5) is 5.13 Å². The van der Waals surface area contributed by atoms with Crippen molar-refractivity contribution in [3.63, 3.8) is 0 Å². The van der Waals surface area contributed by atoms with Crippen LogP contribution in [0, 0.1) is 6.92 Å². The van der Waals surface area contributed by atoms with E-state index in [1.54, 1.807) is 22.7 Å². The molecule has 0 unspecified atom stereocenters. The van der Waals surface area contributed by atoms with Gasteiger partial charge in [0, 0.05) is 4.88 Å². The largest absolute Gasteiger partial charge is 0.353 e. The number of nitrogens with zero attached hydrogens (tertiary/aromatic N) is 2. The molecule has 0 aliphatic carbocycles. The molecule has 0 aliphatic heterocycles. The molecule has 0 spiro atoms. The summed E-state index contributed by atoms with van der Waals surface area (Å²) in [5.41, 5.74) is 0. The Hall–Kier alpha value is -0.940. The number of rotatable bonds is 3. The quantitative estimate of drug-likeness (QED) is 0.872. The first-order valence-corrected chi connectivity index (χ1v) is 6.05. The highest BCUT2D eigenvalue weighted by Crippen LogP contribution is 2.24. The molecular formula is C9H11N3S2. The highest BCUT2D eigenvalue weighted by molar-refractivity contribution is 7.15. The van der Waals surface area contributed by atoms with Crippen LogP contribution in [-0.4, -0.2) is 10.2 Å². The summed E-state index contributed by atoms with van der Waals surface area (Å²) >= 11 is 3.34. The van der Waals surface area contributed by atoms with Crippen molar-refractivity contribution in [2.24, 2.45) is 0 Å². The van der Waals surface area contributed by atoms with Gasteiger partial charge in [0.25, 0.3) is 0 Å². The Morgan fingerprint density at radius 3 is 2.86 bits per heavy atom. The molecule has 0 radical (unpaired) electrons. The van der Waals surface area contributed by atoms with Gasteiger partial charge in [-0.25, -0.2) is 0 Å². The normalized spacial score (nSPS) is 12.7. The van der Waals surface area contributed by atoms with Crippen LogP contribution in [0.1, 0.15) is 22.9 Å². The molecule has 0 saturated carbocycles. The highest BCUT2D eigenvalue weighted by Gasteiger charge is 2.08. The average molecular weight is 225 g/mol. The number of hydrogen-bond donors (Lipinski definition) is 1. The Labute approximate surface area is 90.8 Å². The monoisotopic (exact) mass is 225 g/mol. The van der Waals surface area contributed by atoms with Crippen molar-refractivity contribution in [1.82, 2.24) is 10.2 Å². The van der Waals surface area contributed by atoms with Gasteiger partial charge >= 0.3 is 0 Å². The third kappa shape index (κ3) is 2.10. The van der Waals surface area contributed by atoms with Gasteiger partial charge in [0.15, 0.2) is 0 Å². The smallest absolute Gasteiger partial charge is 0.206 e. The van der Waals surface area contributed by atoms with E-state index in [2.05, 4.69) is 40.0 Å². The first kappa shape index (κ1) is 9.61. The van der Waals surface area contributed by atoms with Crippen molar-refractivity contribution in [3.05, 3.63) is 27.4 Å². The van der Waals surface area contributed by atoms with Crippen LogP contribution in [0.15, 0.2) is 17.5 Å². The molecule has 0 bridgehead atoms. The summed E-state index contributed by atoms with van der Waals surface area (Å²) in [4.78, 5) is 1.32. The molecule has 1 atom stereocenters. The zero-order chi connectivity index (χ0) is 9.97. The van der Waals surface area contributed by atoms with Gasteiger partial charge < -0.3 is 5.32 Å². The minimum absolute atomic E-state index is 0.308. The van der Waals surface area contributed by atoms with E-state index in [-0.39, 0.29) is 0 Å². The predicted molar refractivity (Wildman–Crippen MR) is 61.0 cm³/mol. The van der Waals surface area contributed by atoms with E-state index in [1.165, 1.54) is 4.88 Å². The van der Waals surface area contributed by atoms with Gasteiger partial charge in [-0.2, -0.15) is 0 Å². The van der Waals surface area contributed by atoms with Crippen LogP contribution in [0.25, 0.3) is 0 Å². The number of nitrogens with one attached hydrogen (secondary N) is 1. The van der Waals surface area contributed by atoms with Crippen LogP contribution in [0.3, 0.4) is 0 Å². The lowest BCUT2D eigenvalue weighted by atomic mass is 10.3. The lowest BCUT2D eigenvalue weighted by Crippen LogP contribution is -2.04. The topological polar surface area (TPSA) is 37.8 Å². The van der Waals surface area contributed by atoms with E-state index < -0.39 is 0 Å². The molecule has 3 nitrogen and oxygen atoms in total. The van der Waals surface area contributed by atoms with Crippen molar-refractivity contribution in [2.45, 2.75) is 19.9 Å². The van der Waals surface area contributed by atoms with E-state index in [9.17, 15) is 0 Å². The van der Waals surface area contributed by atoms with E-state index in [4.69, 9.17) is 0 Å². The molecule has 2 aromatic rings. The SMILES string of the molecule is Cc1nnc(N[C@@H](C)c2cccs2)s1. The molecule has 0 aromatic carbocycles. The Balaban J connectivity index is 2.05. The summed E-state index contributed by atoms with van der Waals surface area (Å²) in [6.07, 6.45) is 0. The zero-order valence-corrected chi connectivity index (χ0v) is 9.65. The number of anilines is 1. The van der Waals surface area contributed by atoms with Crippen LogP contribution in [0.5, 0.6) is 0 Å². The summed E-state index contributed by atoms with van der Waals surface area (Å²) in [5.74, 6) is 0. The van der Waals surface area contributed by atoms with Crippen LogP contribution >= 0.6 is 22.7 Å². The first-order valence-electron chi connectivity index (χ1n) is 4.36. The minimum Gasteiger partial charge on any atom is -0.353 e. The molecule has 74 valence electrons. The molecule has 2 rings (SSSR count). The fourth-order valence-electron chi connectivity index (χ4n) is 1.15. The summed E-state index contributed by atoms with van der Waals surface area (Å²) in [6, 6.07) is 4.49. The van der Waals surface area contributed by atoms with Crippen molar-refractivity contribution >= 4 is 27.8 Å². The van der Waals surface area contributed by atoms with Crippen molar-refractivity contribution in [1.29, 1.82) is 0 Å². The first-order chi connectivity index (χ1) is 6.75. The molecule has 14 heavy (non-hydrogen) atoms. The summed E-state index contributed by atoms with van der Waals surface area (Å²) < 4.78 is 0. The number of aromatic nitrogens is 2. The molecular weight excluding hydrogens is 214 g/mol. The van der Waals surface area contributed by atoms with Gasteiger partial charge in [-0.3, -0.25) is 0 Å². The van der Waals surface area contributed by atoms with Crippen molar-refractivity contribution in [3.8, 4) is 0 Å². The molecule has 0 amide bonds. The average Bonchev–Trinajstić information content (AvgIpc) is 2.75. The van der Waals surface area contributed by atoms with E-state index in [0.29, 0.717) is 6.04 Å². The van der Waals surface area contributed by atoms with Crippen molar-refractivity contribution in [2.75, 3.05) is 5.32 Å². The van der Waals surface area contributed by atoms with Crippen LogP contribution < -0.4 is 5.32 Å². The maximum absolute atomic E-state index is 4.03. The highest BCUT2D eigenvalue weighted by atomic mass is 32.1. The second-order valence-electron chi connectivity index (χ2n) is 3.01. The van der Waals surface area contributed by atoms with Crippen molar-refractivity contribution < 1.29 is 0 Å². The molecule has 5 heteroatoms. The Kier molecular flexibility index (Phi) is 2.79. The summed E-state index contributed by atoms with van der Waals surface area (Å²) in [5, 5.41) is 15.3. The summed E-state index contributed by atoms with van der Waals surface area (Å²) in [6.45, 7) is 4.08. The maximum Gasteiger partial charge on any atom is 0.206 e. The Morgan fingerprint density at radius 2 is 2.29 bits per heavy atom. The van der Waals surface area contributed by atoms with E-state index in [0.717, 1.165) is 10.1 Å². The van der Waals surface area contributed by atoms with E-state index >= 15 is 0 Å².